The summed E-state index contributed by atoms with van der Waals surface area (Å²) < 4.78 is 10.5. The van der Waals surface area contributed by atoms with Crippen molar-refractivity contribution < 1.29 is 19.4 Å². The van der Waals surface area contributed by atoms with E-state index >= 15 is 0 Å². The summed E-state index contributed by atoms with van der Waals surface area (Å²) in [5.74, 6) is -0.0169. The summed E-state index contributed by atoms with van der Waals surface area (Å²) in [6.45, 7) is 0.930. The van der Waals surface area contributed by atoms with Gasteiger partial charge in [0.05, 0.1) is 5.92 Å². The average Bonchev–Trinajstić information content (AvgIpc) is 2.75. The van der Waals surface area contributed by atoms with Gasteiger partial charge in [-0.05, 0) is 44.8 Å². The van der Waals surface area contributed by atoms with Crippen LogP contribution in [0.25, 0.3) is 0 Å². The van der Waals surface area contributed by atoms with Crippen LogP contribution in [0, 0.1) is 0 Å². The van der Waals surface area contributed by atoms with E-state index in [1.54, 1.807) is 18.2 Å². The number of hydrogen-bond donors (Lipinski definition) is 1. The second kappa shape index (κ2) is 5.27. The van der Waals surface area contributed by atoms with Crippen LogP contribution in [0.2, 0.25) is 0 Å². The van der Waals surface area contributed by atoms with Gasteiger partial charge in [-0.1, -0.05) is 6.07 Å². The summed E-state index contributed by atoms with van der Waals surface area (Å²) >= 11 is 0. The fourth-order valence-electron chi connectivity index (χ4n) is 1.95. The predicted molar refractivity (Wildman–Crippen MR) is 66.1 cm³/mol. The predicted octanol–water partition coefficient (Wildman–Crippen LogP) is 1.54. The van der Waals surface area contributed by atoms with Gasteiger partial charge in [-0.2, -0.15) is 0 Å². The molecule has 1 aromatic rings. The zero-order valence-electron chi connectivity index (χ0n) is 10.5. The van der Waals surface area contributed by atoms with E-state index in [-0.39, 0.29) is 6.79 Å². The summed E-state index contributed by atoms with van der Waals surface area (Å²) in [5, 5.41) is 9.30. The molecule has 0 radical (unpaired) electrons. The maximum absolute atomic E-state index is 11.3. The fraction of sp³-hybridized carbons (Fsp3) is 0.462. The Hall–Kier alpha value is -1.75. The molecule has 1 aromatic carbocycles. The Morgan fingerprint density at radius 1 is 1.39 bits per heavy atom. The molecule has 2 rings (SSSR count). The van der Waals surface area contributed by atoms with E-state index in [0.29, 0.717) is 17.9 Å². The number of fused-ring (bicyclic) bond motifs is 1. The first-order valence-corrected chi connectivity index (χ1v) is 5.85. The van der Waals surface area contributed by atoms with E-state index in [2.05, 4.69) is 0 Å². The molecule has 5 nitrogen and oxygen atoms in total. The van der Waals surface area contributed by atoms with Crippen molar-refractivity contribution in [2.45, 2.75) is 12.3 Å². The molecule has 1 heterocycles. The lowest BCUT2D eigenvalue weighted by Gasteiger charge is -2.16. The lowest BCUT2D eigenvalue weighted by molar-refractivity contribution is -0.139. The van der Waals surface area contributed by atoms with Crippen molar-refractivity contribution in [3.05, 3.63) is 23.8 Å². The molecule has 0 saturated heterocycles. The number of carboxylic acid groups (broad SMARTS) is 1. The molecule has 0 aliphatic carbocycles. The number of carboxylic acids is 1. The van der Waals surface area contributed by atoms with Crippen LogP contribution in [-0.4, -0.2) is 43.4 Å². The molecule has 0 amide bonds. The van der Waals surface area contributed by atoms with Crippen molar-refractivity contribution in [1.29, 1.82) is 0 Å². The zero-order valence-corrected chi connectivity index (χ0v) is 10.5. The van der Waals surface area contributed by atoms with E-state index in [1.807, 2.05) is 19.0 Å². The van der Waals surface area contributed by atoms with Crippen LogP contribution in [0.5, 0.6) is 11.5 Å². The minimum absolute atomic E-state index is 0.203. The normalized spacial score (nSPS) is 14.8. The van der Waals surface area contributed by atoms with Crippen molar-refractivity contribution in [1.82, 2.24) is 4.90 Å². The number of benzene rings is 1. The third kappa shape index (κ3) is 2.73. The largest absolute Gasteiger partial charge is 0.481 e. The van der Waals surface area contributed by atoms with Gasteiger partial charge in [0.2, 0.25) is 6.79 Å². The number of ether oxygens (including phenoxy) is 2. The minimum Gasteiger partial charge on any atom is -0.481 e. The Bertz CT molecular complexity index is 445. The zero-order chi connectivity index (χ0) is 13.1. The lowest BCUT2D eigenvalue weighted by Crippen LogP contribution is -2.20. The smallest absolute Gasteiger partial charge is 0.311 e. The molecule has 1 aliphatic rings. The Labute approximate surface area is 106 Å². The van der Waals surface area contributed by atoms with Crippen LogP contribution < -0.4 is 9.47 Å². The summed E-state index contributed by atoms with van der Waals surface area (Å²) in [7, 11) is 3.86. The quantitative estimate of drug-likeness (QED) is 0.860. The van der Waals surface area contributed by atoms with Gasteiger partial charge >= 0.3 is 5.97 Å². The Balaban J connectivity index is 2.17. The van der Waals surface area contributed by atoms with Gasteiger partial charge in [-0.15, -0.1) is 0 Å². The second-order valence-corrected chi connectivity index (χ2v) is 4.60. The van der Waals surface area contributed by atoms with Crippen LogP contribution in [-0.2, 0) is 4.79 Å². The minimum atomic E-state index is -0.810. The number of rotatable bonds is 5. The molecule has 1 atom stereocenters. The van der Waals surface area contributed by atoms with Crippen molar-refractivity contribution in [3.8, 4) is 11.5 Å². The topological polar surface area (TPSA) is 59.0 Å². The van der Waals surface area contributed by atoms with E-state index in [4.69, 9.17) is 9.47 Å². The summed E-state index contributed by atoms with van der Waals surface area (Å²) in [5.41, 5.74) is 0.758. The van der Waals surface area contributed by atoms with E-state index in [0.717, 1.165) is 12.1 Å². The number of hydrogen-bond acceptors (Lipinski definition) is 4. The van der Waals surface area contributed by atoms with Crippen LogP contribution in [0.15, 0.2) is 18.2 Å². The van der Waals surface area contributed by atoms with Gasteiger partial charge in [-0.25, -0.2) is 0 Å². The number of carbonyl (C=O) groups is 1. The van der Waals surface area contributed by atoms with Crippen molar-refractivity contribution in [3.63, 3.8) is 0 Å². The van der Waals surface area contributed by atoms with Crippen molar-refractivity contribution >= 4 is 5.97 Å². The maximum Gasteiger partial charge on any atom is 0.311 e. The van der Waals surface area contributed by atoms with E-state index < -0.39 is 11.9 Å². The molecule has 98 valence electrons. The SMILES string of the molecule is CN(C)CCC(C(=O)O)c1ccc2c(c1)OCO2. The van der Waals surface area contributed by atoms with Crippen LogP contribution in [0.1, 0.15) is 17.9 Å². The number of aliphatic carboxylic acids is 1. The first kappa shape index (κ1) is 12.7. The molecule has 1 N–H and O–H groups in total. The van der Waals surface area contributed by atoms with Crippen molar-refractivity contribution in [2.75, 3.05) is 27.4 Å². The van der Waals surface area contributed by atoms with Gasteiger partial charge < -0.3 is 19.5 Å². The summed E-state index contributed by atoms with van der Waals surface area (Å²) in [6.07, 6.45) is 0.571. The summed E-state index contributed by atoms with van der Waals surface area (Å²) in [4.78, 5) is 13.3. The van der Waals surface area contributed by atoms with Gasteiger partial charge in [0.15, 0.2) is 11.5 Å². The third-order valence-corrected chi connectivity index (χ3v) is 2.96. The van der Waals surface area contributed by atoms with Gasteiger partial charge in [0.1, 0.15) is 0 Å². The molecule has 0 bridgehead atoms. The van der Waals surface area contributed by atoms with Crippen LogP contribution >= 0.6 is 0 Å². The molecule has 0 saturated carbocycles. The second-order valence-electron chi connectivity index (χ2n) is 4.60. The molecule has 0 spiro atoms. The molecule has 1 aliphatic heterocycles. The monoisotopic (exact) mass is 251 g/mol. The fourth-order valence-corrected chi connectivity index (χ4v) is 1.95. The Morgan fingerprint density at radius 3 is 2.78 bits per heavy atom. The molecular weight excluding hydrogens is 234 g/mol. The highest BCUT2D eigenvalue weighted by Crippen LogP contribution is 2.35. The molecule has 1 unspecified atom stereocenters. The average molecular weight is 251 g/mol. The standard InChI is InChI=1S/C13H17NO4/c1-14(2)6-5-10(13(15)16)9-3-4-11-12(7-9)18-8-17-11/h3-4,7,10H,5-6,8H2,1-2H3,(H,15,16). The highest BCUT2D eigenvalue weighted by atomic mass is 16.7. The lowest BCUT2D eigenvalue weighted by atomic mass is 9.95. The molecular formula is C13H17NO4. The van der Waals surface area contributed by atoms with Crippen LogP contribution in [0.4, 0.5) is 0 Å². The Morgan fingerprint density at radius 2 is 2.11 bits per heavy atom. The van der Waals surface area contributed by atoms with Gasteiger partial charge in [0, 0.05) is 0 Å². The third-order valence-electron chi connectivity index (χ3n) is 2.96. The first-order valence-electron chi connectivity index (χ1n) is 5.85. The number of nitrogens with zero attached hydrogens (tertiary/aromatic N) is 1. The van der Waals surface area contributed by atoms with Gasteiger partial charge in [0.25, 0.3) is 0 Å². The molecule has 0 aromatic heterocycles. The van der Waals surface area contributed by atoms with Gasteiger partial charge in [-0.3, -0.25) is 4.79 Å². The Kier molecular flexibility index (Phi) is 3.72. The van der Waals surface area contributed by atoms with Crippen LogP contribution in [0.3, 0.4) is 0 Å². The highest BCUT2D eigenvalue weighted by molar-refractivity contribution is 5.76. The molecule has 5 heteroatoms. The maximum atomic E-state index is 11.3. The highest BCUT2D eigenvalue weighted by Gasteiger charge is 2.23. The van der Waals surface area contributed by atoms with E-state index in [1.165, 1.54) is 0 Å². The summed E-state index contributed by atoms with van der Waals surface area (Å²) in [6, 6.07) is 5.32. The molecule has 0 fully saturated rings. The van der Waals surface area contributed by atoms with Crippen molar-refractivity contribution in [2.24, 2.45) is 0 Å². The first-order chi connectivity index (χ1) is 8.58. The molecule has 18 heavy (non-hydrogen) atoms. The van der Waals surface area contributed by atoms with E-state index in [9.17, 15) is 9.90 Å².